The van der Waals surface area contributed by atoms with E-state index in [0.29, 0.717) is 12.4 Å². The van der Waals surface area contributed by atoms with Gasteiger partial charge < -0.3 is 14.6 Å². The molecule has 5 nitrogen and oxygen atoms in total. The largest absolute Gasteiger partial charge is 0.443 e. The molecule has 0 aromatic carbocycles. The summed E-state index contributed by atoms with van der Waals surface area (Å²) in [5.74, 6) is 2.39. The van der Waals surface area contributed by atoms with E-state index in [2.05, 4.69) is 64.7 Å². The number of thiophene rings is 1. The second kappa shape index (κ2) is 7.64. The zero-order valence-corrected chi connectivity index (χ0v) is 15.4. The van der Waals surface area contributed by atoms with Crippen molar-refractivity contribution in [2.24, 2.45) is 4.99 Å². The van der Waals surface area contributed by atoms with Gasteiger partial charge in [0.15, 0.2) is 5.96 Å². The number of nitrogens with one attached hydrogen (secondary N) is 1. The number of rotatable bonds is 5. The van der Waals surface area contributed by atoms with Crippen molar-refractivity contribution in [1.29, 1.82) is 0 Å². The molecule has 23 heavy (non-hydrogen) atoms. The summed E-state index contributed by atoms with van der Waals surface area (Å²) in [5, 5.41) is 7.56. The second-order valence-electron chi connectivity index (χ2n) is 6.53. The third kappa shape index (κ3) is 5.10. The highest BCUT2D eigenvalue weighted by Crippen LogP contribution is 2.22. The average molecular weight is 334 g/mol. The van der Waals surface area contributed by atoms with Crippen LogP contribution in [0.5, 0.6) is 0 Å². The predicted molar refractivity (Wildman–Crippen MR) is 95.8 cm³/mol. The summed E-state index contributed by atoms with van der Waals surface area (Å²) < 4.78 is 5.80. The highest BCUT2D eigenvalue weighted by Gasteiger charge is 2.19. The van der Waals surface area contributed by atoms with Gasteiger partial charge >= 0.3 is 0 Å². The van der Waals surface area contributed by atoms with E-state index in [9.17, 15) is 0 Å². The standard InChI is InChI=1S/C17H26N4OS/c1-6-18-16(21(5)11-13-7-8-23-12-13)20-10-15-19-9-14(22-15)17(2,3)4/h7-9,12H,6,10-11H2,1-5H3,(H,18,20). The molecular weight excluding hydrogens is 308 g/mol. The third-order valence-corrected chi connectivity index (χ3v) is 4.09. The van der Waals surface area contributed by atoms with Gasteiger partial charge in [-0.1, -0.05) is 20.8 Å². The predicted octanol–water partition coefficient (Wildman–Crippen LogP) is 3.63. The molecule has 0 amide bonds. The maximum Gasteiger partial charge on any atom is 0.216 e. The zero-order chi connectivity index (χ0) is 16.9. The Labute approximate surface area is 142 Å². The molecule has 2 aromatic rings. The number of nitrogens with zero attached hydrogens (tertiary/aromatic N) is 3. The van der Waals surface area contributed by atoms with Gasteiger partial charge in [0.05, 0.1) is 6.20 Å². The summed E-state index contributed by atoms with van der Waals surface area (Å²) in [6, 6.07) is 2.13. The Kier molecular flexibility index (Phi) is 5.82. The lowest BCUT2D eigenvalue weighted by Crippen LogP contribution is -2.38. The molecule has 0 aliphatic rings. The summed E-state index contributed by atoms with van der Waals surface area (Å²) in [6.07, 6.45) is 1.80. The number of guanidine groups is 1. The topological polar surface area (TPSA) is 53.7 Å². The van der Waals surface area contributed by atoms with E-state index in [1.165, 1.54) is 5.56 Å². The van der Waals surface area contributed by atoms with Gasteiger partial charge in [-0.3, -0.25) is 0 Å². The summed E-state index contributed by atoms with van der Waals surface area (Å²) in [5.41, 5.74) is 1.25. The molecule has 1 N–H and O–H groups in total. The van der Waals surface area contributed by atoms with Gasteiger partial charge in [0.25, 0.3) is 0 Å². The van der Waals surface area contributed by atoms with Crippen molar-refractivity contribution in [3.05, 3.63) is 40.2 Å². The first-order valence-electron chi connectivity index (χ1n) is 7.86. The smallest absolute Gasteiger partial charge is 0.216 e. The maximum absolute atomic E-state index is 5.80. The molecule has 2 heterocycles. The quantitative estimate of drug-likeness (QED) is 0.670. The molecule has 2 aromatic heterocycles. The molecule has 0 unspecified atom stereocenters. The Morgan fingerprint density at radius 3 is 2.78 bits per heavy atom. The molecule has 0 atom stereocenters. The van der Waals surface area contributed by atoms with E-state index in [-0.39, 0.29) is 5.41 Å². The Morgan fingerprint density at radius 2 is 2.22 bits per heavy atom. The van der Waals surface area contributed by atoms with Crippen LogP contribution in [-0.2, 0) is 18.5 Å². The molecule has 6 heteroatoms. The van der Waals surface area contributed by atoms with Gasteiger partial charge in [-0.05, 0) is 29.3 Å². The lowest BCUT2D eigenvalue weighted by molar-refractivity contribution is 0.382. The zero-order valence-electron chi connectivity index (χ0n) is 14.6. The Morgan fingerprint density at radius 1 is 1.43 bits per heavy atom. The van der Waals surface area contributed by atoms with E-state index in [1.54, 1.807) is 17.5 Å². The van der Waals surface area contributed by atoms with Gasteiger partial charge in [-0.15, -0.1) is 0 Å². The van der Waals surface area contributed by atoms with Crippen LogP contribution >= 0.6 is 11.3 Å². The Hall–Kier alpha value is -1.82. The fourth-order valence-electron chi connectivity index (χ4n) is 2.07. The maximum atomic E-state index is 5.80. The van der Waals surface area contributed by atoms with Crippen LogP contribution in [0, 0.1) is 0 Å². The highest BCUT2D eigenvalue weighted by molar-refractivity contribution is 7.07. The molecule has 0 saturated heterocycles. The summed E-state index contributed by atoms with van der Waals surface area (Å²) in [7, 11) is 2.04. The molecule has 0 bridgehead atoms. The molecule has 0 saturated carbocycles. The number of hydrogen-bond donors (Lipinski definition) is 1. The van der Waals surface area contributed by atoms with Gasteiger partial charge in [0.1, 0.15) is 12.3 Å². The van der Waals surface area contributed by atoms with Gasteiger partial charge in [0.2, 0.25) is 5.89 Å². The minimum Gasteiger partial charge on any atom is -0.443 e. The summed E-state index contributed by atoms with van der Waals surface area (Å²) in [6.45, 7) is 10.5. The molecule has 126 valence electrons. The van der Waals surface area contributed by atoms with Crippen LogP contribution in [0.25, 0.3) is 0 Å². The number of aliphatic imine (C=N–C) groups is 1. The van der Waals surface area contributed by atoms with Crippen LogP contribution in [0.15, 0.2) is 32.4 Å². The van der Waals surface area contributed by atoms with Crippen LogP contribution in [0.3, 0.4) is 0 Å². The van der Waals surface area contributed by atoms with Crippen molar-refractivity contribution in [2.75, 3.05) is 13.6 Å². The normalized spacial score (nSPS) is 12.5. The third-order valence-electron chi connectivity index (χ3n) is 3.35. The summed E-state index contributed by atoms with van der Waals surface area (Å²) >= 11 is 1.71. The average Bonchev–Trinajstić information content (AvgIpc) is 3.13. The monoisotopic (exact) mass is 334 g/mol. The first kappa shape index (κ1) is 17.5. The van der Waals surface area contributed by atoms with Gasteiger partial charge in [-0.25, -0.2) is 9.98 Å². The van der Waals surface area contributed by atoms with Crippen molar-refractivity contribution in [2.45, 2.75) is 46.2 Å². The van der Waals surface area contributed by atoms with Crippen molar-refractivity contribution in [1.82, 2.24) is 15.2 Å². The molecule has 0 radical (unpaired) electrons. The Bertz CT molecular complexity index is 625. The number of oxazole rings is 1. The van der Waals surface area contributed by atoms with Crippen LogP contribution in [-0.4, -0.2) is 29.4 Å². The molecule has 0 aliphatic heterocycles. The SMILES string of the molecule is CCNC(=NCc1ncc(C(C)(C)C)o1)N(C)Cc1ccsc1. The van der Waals surface area contributed by atoms with Crippen LogP contribution in [0.1, 0.15) is 44.9 Å². The minimum absolute atomic E-state index is 0.0325. The molecular formula is C17H26N4OS. The lowest BCUT2D eigenvalue weighted by Gasteiger charge is -2.21. The Balaban J connectivity index is 2.04. The fourth-order valence-corrected chi connectivity index (χ4v) is 2.73. The van der Waals surface area contributed by atoms with Crippen LogP contribution < -0.4 is 5.32 Å². The van der Waals surface area contributed by atoms with E-state index in [0.717, 1.165) is 24.8 Å². The van der Waals surface area contributed by atoms with E-state index in [4.69, 9.17) is 4.42 Å². The highest BCUT2D eigenvalue weighted by atomic mass is 32.1. The minimum atomic E-state index is -0.0325. The van der Waals surface area contributed by atoms with Crippen molar-refractivity contribution < 1.29 is 4.42 Å². The van der Waals surface area contributed by atoms with Crippen LogP contribution in [0.2, 0.25) is 0 Å². The first-order valence-corrected chi connectivity index (χ1v) is 8.80. The van der Waals surface area contributed by atoms with Gasteiger partial charge in [-0.2, -0.15) is 11.3 Å². The molecule has 0 fully saturated rings. The van der Waals surface area contributed by atoms with E-state index in [1.807, 2.05) is 7.05 Å². The number of aromatic nitrogens is 1. The molecule has 2 rings (SSSR count). The molecule has 0 spiro atoms. The van der Waals surface area contributed by atoms with Gasteiger partial charge in [0, 0.05) is 25.6 Å². The van der Waals surface area contributed by atoms with Crippen molar-refractivity contribution in [3.8, 4) is 0 Å². The van der Waals surface area contributed by atoms with Crippen LogP contribution in [0.4, 0.5) is 0 Å². The van der Waals surface area contributed by atoms with E-state index >= 15 is 0 Å². The fraction of sp³-hybridized carbons (Fsp3) is 0.529. The van der Waals surface area contributed by atoms with Crippen molar-refractivity contribution in [3.63, 3.8) is 0 Å². The first-order chi connectivity index (χ1) is 10.9. The second-order valence-corrected chi connectivity index (χ2v) is 7.31. The number of hydrogen-bond acceptors (Lipinski definition) is 4. The lowest BCUT2D eigenvalue weighted by atomic mass is 9.94. The van der Waals surface area contributed by atoms with E-state index < -0.39 is 0 Å². The van der Waals surface area contributed by atoms with Crippen molar-refractivity contribution >= 4 is 17.3 Å². The summed E-state index contributed by atoms with van der Waals surface area (Å²) in [4.78, 5) is 11.1. The molecule has 0 aliphatic carbocycles.